The fourth-order valence-corrected chi connectivity index (χ4v) is 0.893. The Kier molecular flexibility index (Phi) is 6.49. The molecule has 0 aromatic heterocycles. The van der Waals surface area contributed by atoms with Crippen LogP contribution in [0, 0.1) is 17.2 Å². The number of carbonyl (C=O) groups excluding carboxylic acids is 1. The van der Waals surface area contributed by atoms with E-state index in [1.54, 1.807) is 13.0 Å². The number of carbonyl (C=O) groups is 1. The molecule has 0 aliphatic rings. The Labute approximate surface area is 91.4 Å². The second-order valence-electron chi connectivity index (χ2n) is 3.05. The first kappa shape index (κ1) is 14.7. The Morgan fingerprint density at radius 1 is 1.56 bits per heavy atom. The molecule has 1 unspecified atom stereocenters. The van der Waals surface area contributed by atoms with Gasteiger partial charge in [0.2, 0.25) is 5.91 Å². The number of nitrogens with one attached hydrogen (secondary N) is 1. The van der Waals surface area contributed by atoms with Gasteiger partial charge in [0.15, 0.2) is 0 Å². The molecule has 0 saturated heterocycles. The summed E-state index contributed by atoms with van der Waals surface area (Å²) in [6.07, 6.45) is -3.99. The number of hydrogen-bond donors (Lipinski definition) is 1. The molecule has 7 heteroatoms. The number of nitrogens with zero attached hydrogens (tertiary/aromatic N) is 1. The zero-order chi connectivity index (χ0) is 12.6. The van der Waals surface area contributed by atoms with Gasteiger partial charge >= 0.3 is 6.18 Å². The predicted molar refractivity (Wildman–Crippen MR) is 49.3 cm³/mol. The lowest BCUT2D eigenvalue weighted by atomic mass is 10.1. The van der Waals surface area contributed by atoms with Gasteiger partial charge in [0, 0.05) is 6.54 Å². The highest BCUT2D eigenvalue weighted by atomic mass is 19.4. The third kappa shape index (κ3) is 7.06. The molecule has 0 radical (unpaired) electrons. The lowest BCUT2D eigenvalue weighted by Crippen LogP contribution is -2.33. The topological polar surface area (TPSA) is 62.1 Å². The molecule has 92 valence electrons. The molecule has 0 aliphatic heterocycles. The summed E-state index contributed by atoms with van der Waals surface area (Å²) in [5.74, 6) is -1.25. The molecular weight excluding hydrogens is 225 g/mol. The van der Waals surface area contributed by atoms with Crippen molar-refractivity contribution in [2.24, 2.45) is 5.92 Å². The number of halogens is 3. The highest BCUT2D eigenvalue weighted by Gasteiger charge is 2.27. The zero-order valence-electron chi connectivity index (χ0n) is 8.80. The number of nitriles is 1. The van der Waals surface area contributed by atoms with Gasteiger partial charge in [0.1, 0.15) is 12.5 Å². The predicted octanol–water partition coefficient (Wildman–Crippen LogP) is 1.23. The Morgan fingerprint density at radius 3 is 2.62 bits per heavy atom. The first-order valence-electron chi connectivity index (χ1n) is 4.72. The van der Waals surface area contributed by atoms with Gasteiger partial charge in [-0.3, -0.25) is 4.79 Å². The van der Waals surface area contributed by atoms with Crippen LogP contribution in [-0.4, -0.2) is 31.8 Å². The molecule has 0 aliphatic carbocycles. The molecular formula is C9H13F3N2O2. The molecule has 1 N–H and O–H groups in total. The second-order valence-corrected chi connectivity index (χ2v) is 3.05. The van der Waals surface area contributed by atoms with Crippen LogP contribution in [0.5, 0.6) is 0 Å². The summed E-state index contributed by atoms with van der Waals surface area (Å²) >= 11 is 0. The molecule has 0 bridgehead atoms. The lowest BCUT2D eigenvalue weighted by Gasteiger charge is -2.09. The molecule has 16 heavy (non-hydrogen) atoms. The molecule has 0 rings (SSSR count). The molecule has 0 heterocycles. The van der Waals surface area contributed by atoms with E-state index in [2.05, 4.69) is 10.1 Å². The van der Waals surface area contributed by atoms with Crippen LogP contribution >= 0.6 is 0 Å². The summed E-state index contributed by atoms with van der Waals surface area (Å²) in [7, 11) is 0. The molecule has 0 spiro atoms. The molecule has 1 amide bonds. The van der Waals surface area contributed by atoms with Crippen LogP contribution < -0.4 is 5.32 Å². The smallest absolute Gasteiger partial charge is 0.370 e. The van der Waals surface area contributed by atoms with E-state index < -0.39 is 24.6 Å². The van der Waals surface area contributed by atoms with Crippen LogP contribution in [-0.2, 0) is 9.53 Å². The summed E-state index contributed by atoms with van der Waals surface area (Å²) in [5, 5.41) is 10.8. The van der Waals surface area contributed by atoms with Crippen molar-refractivity contribution in [3.63, 3.8) is 0 Å². The first-order chi connectivity index (χ1) is 7.40. The SMILES string of the molecule is CCC(C#N)C(=O)NCCOCC(F)(F)F. The Bertz CT molecular complexity index is 260. The van der Waals surface area contributed by atoms with Crippen LogP contribution in [0.25, 0.3) is 0 Å². The fourth-order valence-electron chi connectivity index (χ4n) is 0.893. The Morgan fingerprint density at radius 2 is 2.19 bits per heavy atom. The maximum Gasteiger partial charge on any atom is 0.411 e. The van der Waals surface area contributed by atoms with Crippen LogP contribution in [0.3, 0.4) is 0 Å². The Balaban J connectivity index is 3.60. The van der Waals surface area contributed by atoms with E-state index in [-0.39, 0.29) is 13.2 Å². The minimum atomic E-state index is -4.36. The summed E-state index contributed by atoms with van der Waals surface area (Å²) in [6, 6.07) is 1.78. The number of rotatable bonds is 6. The van der Waals surface area contributed by atoms with Crippen molar-refractivity contribution >= 4 is 5.91 Å². The van der Waals surface area contributed by atoms with Crippen molar-refractivity contribution in [3.8, 4) is 6.07 Å². The minimum Gasteiger partial charge on any atom is -0.370 e. The fraction of sp³-hybridized carbons (Fsp3) is 0.778. The molecule has 0 aromatic rings. The summed E-state index contributed by atoms with van der Waals surface area (Å²) in [5.41, 5.74) is 0. The molecule has 0 saturated carbocycles. The number of alkyl halides is 3. The normalized spacial score (nSPS) is 12.9. The van der Waals surface area contributed by atoms with Crippen molar-refractivity contribution in [2.45, 2.75) is 19.5 Å². The van der Waals surface area contributed by atoms with Gasteiger partial charge in [-0.2, -0.15) is 18.4 Å². The van der Waals surface area contributed by atoms with Crippen molar-refractivity contribution in [3.05, 3.63) is 0 Å². The van der Waals surface area contributed by atoms with Gasteiger partial charge < -0.3 is 10.1 Å². The summed E-state index contributed by atoms with van der Waals surface area (Å²) in [4.78, 5) is 11.2. The van der Waals surface area contributed by atoms with Crippen LogP contribution in [0.1, 0.15) is 13.3 Å². The van der Waals surface area contributed by atoms with E-state index >= 15 is 0 Å². The van der Waals surface area contributed by atoms with E-state index in [1.165, 1.54) is 0 Å². The van der Waals surface area contributed by atoms with Gasteiger partial charge in [-0.05, 0) is 6.42 Å². The van der Waals surface area contributed by atoms with Crippen molar-refractivity contribution in [1.82, 2.24) is 5.32 Å². The average Bonchev–Trinajstić information content (AvgIpc) is 2.17. The molecule has 0 aromatic carbocycles. The zero-order valence-corrected chi connectivity index (χ0v) is 8.80. The number of ether oxygens (including phenoxy) is 1. The van der Waals surface area contributed by atoms with Gasteiger partial charge in [0.05, 0.1) is 12.7 Å². The number of amides is 1. The number of hydrogen-bond acceptors (Lipinski definition) is 3. The van der Waals surface area contributed by atoms with Crippen LogP contribution in [0.2, 0.25) is 0 Å². The van der Waals surface area contributed by atoms with E-state index in [4.69, 9.17) is 5.26 Å². The van der Waals surface area contributed by atoms with E-state index in [0.29, 0.717) is 6.42 Å². The highest BCUT2D eigenvalue weighted by molar-refractivity contribution is 5.80. The summed E-state index contributed by atoms with van der Waals surface area (Å²) < 4.78 is 39.1. The quantitative estimate of drug-likeness (QED) is 0.708. The van der Waals surface area contributed by atoms with Crippen molar-refractivity contribution in [1.29, 1.82) is 5.26 Å². The maximum absolute atomic E-state index is 11.6. The van der Waals surface area contributed by atoms with E-state index in [1.807, 2.05) is 0 Å². The average molecular weight is 238 g/mol. The monoisotopic (exact) mass is 238 g/mol. The van der Waals surface area contributed by atoms with E-state index in [9.17, 15) is 18.0 Å². The van der Waals surface area contributed by atoms with Gasteiger partial charge in [-0.15, -0.1) is 0 Å². The van der Waals surface area contributed by atoms with Crippen molar-refractivity contribution in [2.75, 3.05) is 19.8 Å². The van der Waals surface area contributed by atoms with Crippen LogP contribution in [0.15, 0.2) is 0 Å². The maximum atomic E-state index is 11.6. The van der Waals surface area contributed by atoms with Crippen molar-refractivity contribution < 1.29 is 22.7 Å². The molecule has 0 fully saturated rings. The minimum absolute atomic E-state index is 0.0346. The highest BCUT2D eigenvalue weighted by Crippen LogP contribution is 2.13. The van der Waals surface area contributed by atoms with Gasteiger partial charge in [-0.1, -0.05) is 6.92 Å². The van der Waals surface area contributed by atoms with Gasteiger partial charge in [-0.25, -0.2) is 0 Å². The van der Waals surface area contributed by atoms with Gasteiger partial charge in [0.25, 0.3) is 0 Å². The third-order valence-corrected chi connectivity index (χ3v) is 1.69. The first-order valence-corrected chi connectivity index (χ1v) is 4.72. The van der Waals surface area contributed by atoms with Crippen LogP contribution in [0.4, 0.5) is 13.2 Å². The van der Waals surface area contributed by atoms with E-state index in [0.717, 1.165) is 0 Å². The summed E-state index contributed by atoms with van der Waals surface area (Å²) in [6.45, 7) is 0.0755. The second kappa shape index (κ2) is 7.06. The Hall–Kier alpha value is -1.29. The molecule has 1 atom stereocenters. The lowest BCUT2D eigenvalue weighted by molar-refractivity contribution is -0.173. The molecule has 4 nitrogen and oxygen atoms in total. The largest absolute Gasteiger partial charge is 0.411 e. The standard InChI is InChI=1S/C9H13F3N2O2/c1-2-7(5-13)8(15)14-3-4-16-6-9(10,11)12/h7H,2-4,6H2,1H3,(H,14,15). The third-order valence-electron chi connectivity index (χ3n) is 1.69.